The van der Waals surface area contributed by atoms with Gasteiger partial charge in [-0.1, -0.05) is 18.2 Å². The molecule has 0 aliphatic carbocycles. The van der Waals surface area contributed by atoms with Crippen LogP contribution in [0.2, 0.25) is 0 Å². The first-order valence-electron chi connectivity index (χ1n) is 10.1. The second-order valence-corrected chi connectivity index (χ2v) is 7.53. The molecule has 4 aromatic rings. The van der Waals surface area contributed by atoms with E-state index in [2.05, 4.69) is 19.9 Å². The van der Waals surface area contributed by atoms with Gasteiger partial charge in [0.2, 0.25) is 0 Å². The van der Waals surface area contributed by atoms with E-state index in [-0.39, 0.29) is 11.8 Å². The summed E-state index contributed by atoms with van der Waals surface area (Å²) in [6.45, 7) is 1.38. The zero-order valence-corrected chi connectivity index (χ0v) is 16.5. The molecule has 3 aromatic heterocycles. The van der Waals surface area contributed by atoms with Crippen LogP contribution in [0, 0.1) is 0 Å². The first-order chi connectivity index (χ1) is 14.8. The van der Waals surface area contributed by atoms with Crippen molar-refractivity contribution < 1.29 is 4.79 Å². The highest BCUT2D eigenvalue weighted by Crippen LogP contribution is 2.33. The van der Waals surface area contributed by atoms with Gasteiger partial charge in [-0.25, -0.2) is 9.97 Å². The van der Waals surface area contributed by atoms with Crippen molar-refractivity contribution in [1.82, 2.24) is 24.8 Å². The Balaban J connectivity index is 1.46. The minimum absolute atomic E-state index is 0.0310. The molecule has 6 heteroatoms. The molecule has 1 aliphatic rings. The molecule has 6 nitrogen and oxygen atoms in total. The van der Waals surface area contributed by atoms with Gasteiger partial charge in [-0.05, 0) is 42.7 Å². The van der Waals surface area contributed by atoms with Gasteiger partial charge in [0.25, 0.3) is 5.91 Å². The summed E-state index contributed by atoms with van der Waals surface area (Å²) in [5.41, 5.74) is 4.45. The number of piperidine rings is 1. The summed E-state index contributed by atoms with van der Waals surface area (Å²) >= 11 is 0. The number of hydrogen-bond acceptors (Lipinski definition) is 5. The fourth-order valence-corrected chi connectivity index (χ4v) is 4.25. The van der Waals surface area contributed by atoms with Gasteiger partial charge in [-0.2, -0.15) is 0 Å². The maximum absolute atomic E-state index is 13.4. The van der Waals surface area contributed by atoms with Crippen molar-refractivity contribution in [3.63, 3.8) is 0 Å². The normalized spacial score (nSPS) is 16.5. The van der Waals surface area contributed by atoms with Gasteiger partial charge in [0.05, 0.1) is 16.8 Å². The molecule has 0 radical (unpaired) electrons. The van der Waals surface area contributed by atoms with E-state index >= 15 is 0 Å². The van der Waals surface area contributed by atoms with E-state index in [0.717, 1.165) is 47.1 Å². The second-order valence-electron chi connectivity index (χ2n) is 7.53. The van der Waals surface area contributed by atoms with E-state index in [4.69, 9.17) is 0 Å². The van der Waals surface area contributed by atoms with Crippen LogP contribution in [0.25, 0.3) is 22.0 Å². The molecule has 5 rings (SSSR count). The van der Waals surface area contributed by atoms with Crippen molar-refractivity contribution in [3.05, 3.63) is 84.8 Å². The van der Waals surface area contributed by atoms with E-state index < -0.39 is 0 Å². The van der Waals surface area contributed by atoms with Crippen molar-refractivity contribution >= 4 is 16.8 Å². The molecule has 1 saturated heterocycles. The number of aromatic nitrogens is 4. The minimum Gasteiger partial charge on any atom is -0.338 e. The molecule has 1 amide bonds. The van der Waals surface area contributed by atoms with Gasteiger partial charge < -0.3 is 4.90 Å². The Morgan fingerprint density at radius 3 is 2.73 bits per heavy atom. The zero-order chi connectivity index (χ0) is 20.3. The Morgan fingerprint density at radius 1 is 0.967 bits per heavy atom. The van der Waals surface area contributed by atoms with Crippen LogP contribution in [0.4, 0.5) is 0 Å². The Bertz CT molecular complexity index is 1190. The SMILES string of the molecule is O=C(c1cccc2cccnc12)N1CCCC(c2ncncc2-c2ccncc2)C1. The third-order valence-electron chi connectivity index (χ3n) is 5.69. The molecule has 148 valence electrons. The molecular weight excluding hydrogens is 374 g/mol. The Morgan fingerprint density at radius 2 is 1.83 bits per heavy atom. The maximum Gasteiger partial charge on any atom is 0.256 e. The molecule has 0 saturated carbocycles. The number of carbonyl (C=O) groups is 1. The quantitative estimate of drug-likeness (QED) is 0.522. The molecule has 1 aromatic carbocycles. The minimum atomic E-state index is 0.0310. The Hall–Kier alpha value is -3.67. The Kier molecular flexibility index (Phi) is 4.89. The third kappa shape index (κ3) is 3.41. The number of amides is 1. The Labute approximate surface area is 174 Å². The molecule has 1 aliphatic heterocycles. The molecule has 30 heavy (non-hydrogen) atoms. The number of hydrogen-bond donors (Lipinski definition) is 0. The summed E-state index contributed by atoms with van der Waals surface area (Å²) in [6, 6.07) is 13.6. The lowest BCUT2D eigenvalue weighted by atomic mass is 9.90. The van der Waals surface area contributed by atoms with Gasteiger partial charge >= 0.3 is 0 Å². The number of likely N-dealkylation sites (tertiary alicyclic amines) is 1. The molecule has 0 N–H and O–H groups in total. The van der Waals surface area contributed by atoms with Crippen LogP contribution in [0.3, 0.4) is 0 Å². The summed E-state index contributed by atoms with van der Waals surface area (Å²) in [6.07, 6.45) is 10.7. The van der Waals surface area contributed by atoms with Crippen molar-refractivity contribution in [2.45, 2.75) is 18.8 Å². The van der Waals surface area contributed by atoms with Crippen molar-refractivity contribution in [3.8, 4) is 11.1 Å². The molecule has 4 heterocycles. The topological polar surface area (TPSA) is 71.9 Å². The fraction of sp³-hybridized carbons (Fsp3) is 0.208. The molecule has 0 spiro atoms. The average molecular weight is 395 g/mol. The number of benzene rings is 1. The number of fused-ring (bicyclic) bond motifs is 1. The summed E-state index contributed by atoms with van der Waals surface area (Å²) in [7, 11) is 0. The number of rotatable bonds is 3. The van der Waals surface area contributed by atoms with Crippen LogP contribution >= 0.6 is 0 Å². The molecule has 1 atom stereocenters. The van der Waals surface area contributed by atoms with E-state index in [0.29, 0.717) is 12.1 Å². The van der Waals surface area contributed by atoms with Crippen molar-refractivity contribution in [2.75, 3.05) is 13.1 Å². The van der Waals surface area contributed by atoms with Gasteiger partial charge in [0.1, 0.15) is 6.33 Å². The van der Waals surface area contributed by atoms with E-state index in [1.165, 1.54) is 0 Å². The van der Waals surface area contributed by atoms with Crippen LogP contribution in [0.1, 0.15) is 34.8 Å². The van der Waals surface area contributed by atoms with Crippen molar-refractivity contribution in [2.24, 2.45) is 0 Å². The summed E-state index contributed by atoms with van der Waals surface area (Å²) in [4.78, 5) is 32.7. The second kappa shape index (κ2) is 7.99. The van der Waals surface area contributed by atoms with Crippen molar-refractivity contribution in [1.29, 1.82) is 0 Å². The number of carbonyl (C=O) groups excluding carboxylic acids is 1. The maximum atomic E-state index is 13.4. The summed E-state index contributed by atoms with van der Waals surface area (Å²) in [5.74, 6) is 0.195. The van der Waals surface area contributed by atoms with E-state index in [1.54, 1.807) is 24.9 Å². The highest BCUT2D eigenvalue weighted by atomic mass is 16.2. The standard InChI is InChI=1S/C24H21N5O/c30-24(20-7-1-4-18-5-2-10-27-22(18)20)29-13-3-6-19(15-29)23-21(14-26-16-28-23)17-8-11-25-12-9-17/h1-2,4-5,7-12,14,16,19H,3,6,13,15H2. The molecule has 1 fully saturated rings. The van der Waals surface area contributed by atoms with Crippen LogP contribution in [0.15, 0.2) is 73.6 Å². The van der Waals surface area contributed by atoms with Crippen LogP contribution < -0.4 is 0 Å². The predicted octanol–water partition coefficient (Wildman–Crippen LogP) is 4.11. The summed E-state index contributed by atoms with van der Waals surface area (Å²) < 4.78 is 0. The highest BCUT2D eigenvalue weighted by Gasteiger charge is 2.29. The fourth-order valence-electron chi connectivity index (χ4n) is 4.25. The first-order valence-corrected chi connectivity index (χ1v) is 10.1. The lowest BCUT2D eigenvalue weighted by molar-refractivity contribution is 0.0708. The van der Waals surface area contributed by atoms with Gasteiger partial charge in [-0.15, -0.1) is 0 Å². The lowest BCUT2D eigenvalue weighted by Gasteiger charge is -2.33. The molecule has 0 bridgehead atoms. The van der Waals surface area contributed by atoms with E-state index in [9.17, 15) is 4.79 Å². The number of para-hydroxylation sites is 1. The largest absolute Gasteiger partial charge is 0.338 e. The number of nitrogens with zero attached hydrogens (tertiary/aromatic N) is 5. The zero-order valence-electron chi connectivity index (χ0n) is 16.5. The average Bonchev–Trinajstić information content (AvgIpc) is 2.84. The van der Waals surface area contributed by atoms with Crippen LogP contribution in [0.5, 0.6) is 0 Å². The van der Waals surface area contributed by atoms with Crippen LogP contribution in [-0.4, -0.2) is 43.8 Å². The summed E-state index contributed by atoms with van der Waals surface area (Å²) in [5, 5.41) is 0.979. The molecule has 1 unspecified atom stereocenters. The monoisotopic (exact) mass is 395 g/mol. The predicted molar refractivity (Wildman–Crippen MR) is 115 cm³/mol. The highest BCUT2D eigenvalue weighted by molar-refractivity contribution is 6.05. The third-order valence-corrected chi connectivity index (χ3v) is 5.69. The molecular formula is C24H21N5O. The smallest absolute Gasteiger partial charge is 0.256 e. The van der Waals surface area contributed by atoms with Gasteiger partial charge in [0.15, 0.2) is 0 Å². The first kappa shape index (κ1) is 18.4. The van der Waals surface area contributed by atoms with Crippen LogP contribution in [-0.2, 0) is 0 Å². The van der Waals surface area contributed by atoms with E-state index in [1.807, 2.05) is 53.6 Å². The van der Waals surface area contributed by atoms with Gasteiger partial charge in [0, 0.05) is 54.7 Å². The lowest BCUT2D eigenvalue weighted by Crippen LogP contribution is -2.39. The number of pyridine rings is 2. The van der Waals surface area contributed by atoms with Gasteiger partial charge in [-0.3, -0.25) is 14.8 Å².